The first-order chi connectivity index (χ1) is 20.7. The number of hydrogen-bond donors (Lipinski definition) is 4. The third-order valence-corrected chi connectivity index (χ3v) is 12.0. The molecule has 0 aliphatic rings. The summed E-state index contributed by atoms with van der Waals surface area (Å²) in [7, 11) is -15.9. The van der Waals surface area contributed by atoms with Gasteiger partial charge in [0, 0.05) is 11.4 Å². The maximum atomic E-state index is 13.0. The van der Waals surface area contributed by atoms with Gasteiger partial charge in [0.2, 0.25) is 0 Å². The normalized spacial score (nSPS) is 12.5. The largest absolute Gasteiger partial charge is 0.361 e. The fraction of sp³-hybridized carbons (Fsp3) is 0.143. The van der Waals surface area contributed by atoms with Gasteiger partial charge in [0.05, 0.1) is 33.6 Å². The van der Waals surface area contributed by atoms with Crippen LogP contribution in [0.4, 0.5) is 11.4 Å². The van der Waals surface area contributed by atoms with Crippen molar-refractivity contribution in [3.63, 3.8) is 0 Å². The molecule has 4 N–H and O–H groups in total. The van der Waals surface area contributed by atoms with Crippen LogP contribution in [0.5, 0.6) is 0 Å². The molecule has 0 bridgehead atoms. The summed E-state index contributed by atoms with van der Waals surface area (Å²) in [5, 5.41) is 0.0711. The van der Waals surface area contributed by atoms with E-state index in [0.29, 0.717) is 16.4 Å². The van der Waals surface area contributed by atoms with Crippen LogP contribution in [0.25, 0.3) is 11.1 Å². The van der Waals surface area contributed by atoms with Crippen LogP contribution in [0, 0.1) is 0 Å². The highest BCUT2D eigenvalue weighted by Crippen LogP contribution is 2.46. The van der Waals surface area contributed by atoms with Crippen molar-refractivity contribution >= 4 is 57.2 Å². The molecule has 0 fully saturated rings. The summed E-state index contributed by atoms with van der Waals surface area (Å²) in [5.41, 5.74) is 1.65. The number of rotatable bonds is 13. The Hall–Kier alpha value is -3.32. The smallest absolute Gasteiger partial charge is 0.321 e. The first-order valence-corrected chi connectivity index (χ1v) is 19.2. The number of hydrogen-bond acceptors (Lipinski definition) is 8. The van der Waals surface area contributed by atoms with Gasteiger partial charge in [-0.3, -0.25) is 18.6 Å². The molecule has 16 heteroatoms. The van der Waals surface area contributed by atoms with Crippen molar-refractivity contribution in [1.82, 2.24) is 0 Å². The van der Waals surface area contributed by atoms with Gasteiger partial charge in [-0.05, 0) is 97.8 Å². The minimum atomic E-state index is -4.45. The molecule has 0 saturated heterocycles. The molecule has 0 amide bonds. The van der Waals surface area contributed by atoms with E-state index >= 15 is 0 Å². The zero-order chi connectivity index (χ0) is 32.2. The van der Waals surface area contributed by atoms with E-state index in [1.165, 1.54) is 60.7 Å². The molecule has 0 aliphatic heterocycles. The Kier molecular flexibility index (Phi) is 10.2. The summed E-state index contributed by atoms with van der Waals surface area (Å²) in [6, 6.07) is 22.6. The van der Waals surface area contributed by atoms with E-state index in [9.17, 15) is 35.8 Å². The third-order valence-electron chi connectivity index (χ3n) is 6.15. The van der Waals surface area contributed by atoms with Crippen molar-refractivity contribution in [3.05, 3.63) is 97.1 Å². The Morgan fingerprint density at radius 2 is 0.909 bits per heavy atom. The van der Waals surface area contributed by atoms with Crippen LogP contribution < -0.4 is 20.1 Å². The van der Waals surface area contributed by atoms with Crippen molar-refractivity contribution in [2.75, 3.05) is 22.7 Å². The van der Waals surface area contributed by atoms with Gasteiger partial charge in [-0.1, -0.05) is 24.3 Å². The molecule has 0 saturated carbocycles. The lowest BCUT2D eigenvalue weighted by atomic mass is 10.1. The van der Waals surface area contributed by atoms with Gasteiger partial charge in [0.25, 0.3) is 20.0 Å². The van der Waals surface area contributed by atoms with Crippen molar-refractivity contribution in [3.8, 4) is 11.1 Å². The SMILES string of the molecule is CCOP(=O)(OCC)c1ccc(NS(=O)(=O)c2ccc(-c3ccc(S(=O)(=O)Nc4ccc(P(=O)(O)O)cc4)cc3)cc2)cc1. The molecule has 44 heavy (non-hydrogen) atoms. The Bertz CT molecular complexity index is 1900. The summed E-state index contributed by atoms with van der Waals surface area (Å²) < 4.78 is 91.3. The van der Waals surface area contributed by atoms with E-state index in [0.717, 1.165) is 12.1 Å². The van der Waals surface area contributed by atoms with Crippen LogP contribution in [-0.2, 0) is 38.2 Å². The van der Waals surface area contributed by atoms with Crippen molar-refractivity contribution < 1.29 is 44.8 Å². The van der Waals surface area contributed by atoms with E-state index in [4.69, 9.17) is 9.05 Å². The molecule has 4 aromatic rings. The lowest BCUT2D eigenvalue weighted by Gasteiger charge is -2.17. The Labute approximate surface area is 255 Å². The topological polar surface area (TPSA) is 185 Å². The molecule has 0 radical (unpaired) electrons. The first-order valence-electron chi connectivity index (χ1n) is 13.1. The van der Waals surface area contributed by atoms with Gasteiger partial charge in [-0.15, -0.1) is 0 Å². The predicted molar refractivity (Wildman–Crippen MR) is 169 cm³/mol. The number of sulfonamides is 2. The zero-order valence-corrected chi connectivity index (χ0v) is 26.9. The third kappa shape index (κ3) is 8.03. The molecule has 0 aliphatic carbocycles. The van der Waals surface area contributed by atoms with Crippen LogP contribution >= 0.6 is 15.2 Å². The zero-order valence-electron chi connectivity index (χ0n) is 23.5. The van der Waals surface area contributed by atoms with Crippen molar-refractivity contribution in [1.29, 1.82) is 0 Å². The number of benzene rings is 4. The second-order valence-electron chi connectivity index (χ2n) is 9.23. The Morgan fingerprint density at radius 1 is 0.568 bits per heavy atom. The lowest BCUT2D eigenvalue weighted by molar-refractivity contribution is 0.230. The summed E-state index contributed by atoms with van der Waals surface area (Å²) in [6.45, 7) is 3.76. The van der Waals surface area contributed by atoms with E-state index in [1.807, 2.05) is 0 Å². The van der Waals surface area contributed by atoms with Gasteiger partial charge >= 0.3 is 15.2 Å². The van der Waals surface area contributed by atoms with E-state index < -0.39 is 35.2 Å². The maximum Gasteiger partial charge on any atom is 0.361 e. The maximum absolute atomic E-state index is 13.0. The van der Waals surface area contributed by atoms with Crippen molar-refractivity contribution in [2.45, 2.75) is 23.6 Å². The minimum Gasteiger partial charge on any atom is -0.321 e. The van der Waals surface area contributed by atoms with Gasteiger partial charge in [0.1, 0.15) is 0 Å². The second-order valence-corrected chi connectivity index (χ2v) is 16.2. The average molecular weight is 681 g/mol. The van der Waals surface area contributed by atoms with E-state index in [-0.39, 0.29) is 39.7 Å². The monoisotopic (exact) mass is 680 g/mol. The first kappa shape index (κ1) is 33.6. The van der Waals surface area contributed by atoms with Gasteiger partial charge in [-0.2, -0.15) is 0 Å². The number of nitrogens with one attached hydrogen (secondary N) is 2. The van der Waals surface area contributed by atoms with Gasteiger partial charge in [-0.25, -0.2) is 16.8 Å². The number of anilines is 2. The minimum absolute atomic E-state index is 0.00667. The molecule has 4 rings (SSSR count). The van der Waals surface area contributed by atoms with Crippen LogP contribution in [0.15, 0.2) is 107 Å². The highest BCUT2D eigenvalue weighted by Gasteiger charge is 2.27. The molecule has 234 valence electrons. The molecular formula is C28H30N2O10P2S2. The summed E-state index contributed by atoms with van der Waals surface area (Å²) in [6.07, 6.45) is 0. The highest BCUT2D eigenvalue weighted by molar-refractivity contribution is 7.93. The summed E-state index contributed by atoms with van der Waals surface area (Å²) in [4.78, 5) is 18.4. The fourth-order valence-electron chi connectivity index (χ4n) is 4.04. The molecule has 0 spiro atoms. The van der Waals surface area contributed by atoms with Crippen molar-refractivity contribution in [2.24, 2.45) is 0 Å². The van der Waals surface area contributed by atoms with E-state index in [1.54, 1.807) is 38.1 Å². The second kappa shape index (κ2) is 13.4. The molecule has 0 aromatic heterocycles. The van der Waals surface area contributed by atoms with Gasteiger partial charge in [0.15, 0.2) is 0 Å². The Morgan fingerprint density at radius 3 is 1.23 bits per heavy atom. The molecule has 0 unspecified atom stereocenters. The molecule has 12 nitrogen and oxygen atoms in total. The van der Waals surface area contributed by atoms with Gasteiger partial charge < -0.3 is 18.8 Å². The highest BCUT2D eigenvalue weighted by atomic mass is 32.2. The molecular weight excluding hydrogens is 650 g/mol. The standard InChI is InChI=1S/C28H30N2O10P2S2/c1-3-39-42(34,40-4-2)26-15-11-24(12-16-26)30-44(37,38)28-19-7-22(8-20-28)21-5-17-27(18-6-21)43(35,36)29-23-9-13-25(14-10-23)41(31,32)33/h5-20,29-30H,3-4H2,1-2H3,(H2,31,32,33). The van der Waals surface area contributed by atoms with Crippen LogP contribution in [0.2, 0.25) is 0 Å². The fourth-order valence-corrected chi connectivity index (χ4v) is 8.26. The molecule has 0 heterocycles. The van der Waals surface area contributed by atoms with Crippen LogP contribution in [0.3, 0.4) is 0 Å². The summed E-state index contributed by atoms with van der Waals surface area (Å²) >= 11 is 0. The Balaban J connectivity index is 1.44. The van der Waals surface area contributed by atoms with E-state index in [2.05, 4.69) is 9.44 Å². The lowest BCUT2D eigenvalue weighted by Crippen LogP contribution is -2.14. The molecule has 0 atom stereocenters. The molecule has 4 aromatic carbocycles. The van der Waals surface area contributed by atoms with Crippen LogP contribution in [-0.4, -0.2) is 39.8 Å². The predicted octanol–water partition coefficient (Wildman–Crippen LogP) is 4.65. The quantitative estimate of drug-likeness (QED) is 0.145. The van der Waals surface area contributed by atoms with Crippen LogP contribution in [0.1, 0.15) is 13.8 Å². The summed E-state index contributed by atoms with van der Waals surface area (Å²) in [5.74, 6) is 0. The average Bonchev–Trinajstić information content (AvgIpc) is 2.97.